The molecule has 0 unspecified atom stereocenters. The second-order valence-electron chi connectivity index (χ2n) is 11.2. The number of rotatable bonds is 5. The predicted octanol–water partition coefficient (Wildman–Crippen LogP) is 12.0. The Bertz CT molecular complexity index is 3650. The molecule has 0 atom stereocenters. The Morgan fingerprint density at radius 3 is 1.66 bits per heavy atom. The van der Waals surface area contributed by atoms with Gasteiger partial charge in [-0.05, 0) is 24.2 Å². The molecule has 0 N–H and O–H groups in total. The van der Waals surface area contributed by atoms with E-state index in [1.807, 2.05) is 0 Å². The van der Waals surface area contributed by atoms with Crippen LogP contribution in [-0.4, -0.2) is 19.5 Å². The highest BCUT2D eigenvalue weighted by Gasteiger charge is 2.23. The summed E-state index contributed by atoms with van der Waals surface area (Å²) in [5.41, 5.74) is -0.725. The minimum absolute atomic E-state index is 0.0212. The minimum atomic E-state index is -0.728. The van der Waals surface area contributed by atoms with Crippen molar-refractivity contribution in [3.8, 4) is 51.0 Å². The van der Waals surface area contributed by atoms with Crippen LogP contribution in [0.1, 0.15) is 21.9 Å². The Balaban J connectivity index is 1.52. The normalized spacial score (nSPS) is 16.1. The molecule has 0 fully saturated rings. The molecule has 0 spiro atoms. The van der Waals surface area contributed by atoms with Gasteiger partial charge in [-0.25, -0.2) is 15.0 Å². The fraction of sp³-hybridized carbons (Fsp3) is 0. The van der Waals surface area contributed by atoms with Crippen molar-refractivity contribution in [3.05, 3.63) is 169 Å². The van der Waals surface area contributed by atoms with E-state index in [4.69, 9.17) is 28.7 Å². The summed E-state index contributed by atoms with van der Waals surface area (Å²) in [6.07, 6.45) is 0. The van der Waals surface area contributed by atoms with E-state index < -0.39 is 96.7 Å². The van der Waals surface area contributed by atoms with Crippen molar-refractivity contribution in [2.45, 2.75) is 0 Å². The summed E-state index contributed by atoms with van der Waals surface area (Å²) >= 11 is 0.772. The molecule has 4 nitrogen and oxygen atoms in total. The Hall–Kier alpha value is -6.43. The van der Waals surface area contributed by atoms with E-state index in [-0.39, 0.29) is 81.8 Å². The van der Waals surface area contributed by atoms with Gasteiger partial charge < -0.3 is 4.57 Å². The Kier molecular flexibility index (Phi) is 3.90. The maximum atomic E-state index is 9.77. The van der Waals surface area contributed by atoms with E-state index >= 15 is 0 Å². The summed E-state index contributed by atoms with van der Waals surface area (Å²) in [5.74, 6) is -0.0419. The van der Waals surface area contributed by atoms with Crippen molar-refractivity contribution in [2.75, 3.05) is 0 Å². The van der Waals surface area contributed by atoms with Gasteiger partial charge >= 0.3 is 0 Å². The van der Waals surface area contributed by atoms with Gasteiger partial charge in [0, 0.05) is 58.8 Å². The smallest absolute Gasteiger partial charge is 0.166 e. The van der Waals surface area contributed by atoms with Crippen LogP contribution < -0.4 is 0 Å². The molecular weight excluding hydrogens is 629 g/mol. The lowest BCUT2D eigenvalue weighted by Crippen LogP contribution is -2.05. The summed E-state index contributed by atoms with van der Waals surface area (Å²) in [5, 5.41) is -0.629. The molecule has 0 bridgehead atoms. The molecule has 3 aromatic heterocycles. The van der Waals surface area contributed by atoms with Gasteiger partial charge in [-0.2, -0.15) is 0 Å². The van der Waals surface area contributed by atoms with E-state index in [1.165, 1.54) is 4.57 Å². The highest BCUT2D eigenvalue weighted by Crippen LogP contribution is 2.45. The molecule has 0 aliphatic carbocycles. The third-order valence-electron chi connectivity index (χ3n) is 8.31. The van der Waals surface area contributed by atoms with Crippen LogP contribution in [0.25, 0.3) is 93.0 Å². The monoisotopic (exact) mass is 672 g/mol. The van der Waals surface area contributed by atoms with E-state index in [9.17, 15) is 8.22 Å². The van der Waals surface area contributed by atoms with Gasteiger partial charge in [0.1, 0.15) is 0 Å². The fourth-order valence-corrected chi connectivity index (χ4v) is 7.20. The molecule has 10 rings (SSSR count). The maximum Gasteiger partial charge on any atom is 0.166 e. The van der Waals surface area contributed by atoms with Crippen LogP contribution in [0.3, 0.4) is 0 Å². The lowest BCUT2D eigenvalue weighted by atomic mass is 9.97. The third-order valence-corrected chi connectivity index (χ3v) is 9.43. The number of aromatic nitrogens is 4. The lowest BCUT2D eigenvalue weighted by Gasteiger charge is -2.19. The highest BCUT2D eigenvalue weighted by molar-refractivity contribution is 7.26. The molecule has 7 aromatic carbocycles. The molecule has 234 valence electrons. The molecular formula is C45H28N4S. The van der Waals surface area contributed by atoms with E-state index in [0.29, 0.717) is 11.1 Å². The summed E-state index contributed by atoms with van der Waals surface area (Å²) in [7, 11) is 0. The molecule has 0 amide bonds. The predicted molar refractivity (Wildman–Crippen MR) is 209 cm³/mol. The van der Waals surface area contributed by atoms with Crippen molar-refractivity contribution in [1.82, 2.24) is 19.5 Å². The molecule has 5 heteroatoms. The number of nitrogens with zero attached hydrogens (tertiary/aromatic N) is 4. The first kappa shape index (κ1) is 16.8. The number of hydrogen-bond donors (Lipinski definition) is 0. The maximum absolute atomic E-state index is 9.77. The Morgan fingerprint density at radius 1 is 0.440 bits per heavy atom. The third kappa shape index (κ3) is 4.55. The first-order valence-electron chi connectivity index (χ1n) is 23.4. The quantitative estimate of drug-likeness (QED) is 0.183. The van der Waals surface area contributed by atoms with Crippen LogP contribution in [0.15, 0.2) is 169 Å². The zero-order chi connectivity index (χ0) is 46.9. The van der Waals surface area contributed by atoms with Gasteiger partial charge in [-0.3, -0.25) is 0 Å². The van der Waals surface area contributed by atoms with Crippen molar-refractivity contribution in [1.29, 1.82) is 0 Å². The second kappa shape index (κ2) is 11.6. The molecule has 10 aromatic rings. The van der Waals surface area contributed by atoms with Gasteiger partial charge in [0.2, 0.25) is 0 Å². The number of hydrogen-bond acceptors (Lipinski definition) is 4. The summed E-state index contributed by atoms with van der Waals surface area (Å²) in [4.78, 5) is 14.5. The lowest BCUT2D eigenvalue weighted by molar-refractivity contribution is 1.06. The number of fused-ring (bicyclic) bond motifs is 6. The molecule has 50 heavy (non-hydrogen) atoms. The minimum Gasteiger partial charge on any atom is -0.308 e. The first-order chi connectivity index (χ1) is 31.4. The van der Waals surface area contributed by atoms with Gasteiger partial charge in [-0.15, -0.1) is 11.3 Å². The van der Waals surface area contributed by atoms with Gasteiger partial charge in [0.25, 0.3) is 0 Å². The molecule has 0 saturated heterocycles. The highest BCUT2D eigenvalue weighted by atomic mass is 32.1. The topological polar surface area (TPSA) is 43.6 Å². The van der Waals surface area contributed by atoms with Crippen LogP contribution >= 0.6 is 11.3 Å². The SMILES string of the molecule is [2H]c1cc([2H])c2c(c1[2H])c1c([2H])c([2H])cc([2H])c1n2-c1c(-c2nc(-c3ccccc3)nc(-c3ccccc3)n2)c([2H])c([2H])c([2H])c1-c1c([2H])c([2H])c([2H])c2c1sc1c([2H])c([2H])c([2H])c([2H])c12. The van der Waals surface area contributed by atoms with Crippen LogP contribution in [0.4, 0.5) is 0 Å². The summed E-state index contributed by atoms with van der Waals surface area (Å²) in [6, 6.07) is 11.0. The van der Waals surface area contributed by atoms with Crippen LogP contribution in [0.5, 0.6) is 0 Å². The molecule has 3 heterocycles. The molecule has 0 radical (unpaired) electrons. The Morgan fingerprint density at radius 2 is 0.980 bits per heavy atom. The Labute approximate surface area is 315 Å². The number of para-hydroxylation sites is 3. The number of thiophene rings is 1. The number of benzene rings is 7. The van der Waals surface area contributed by atoms with E-state index in [0.717, 1.165) is 23.5 Å². The van der Waals surface area contributed by atoms with Gasteiger partial charge in [-0.1, -0.05) is 145 Å². The second-order valence-corrected chi connectivity index (χ2v) is 12.2. The van der Waals surface area contributed by atoms with Crippen molar-refractivity contribution in [2.24, 2.45) is 0 Å². The fourth-order valence-electron chi connectivity index (χ4n) is 6.13. The molecule has 0 aliphatic heterocycles. The summed E-state index contributed by atoms with van der Waals surface area (Å²) in [6.45, 7) is 0. The zero-order valence-electron chi connectivity index (χ0n) is 41.6. The van der Waals surface area contributed by atoms with Gasteiger partial charge in [0.15, 0.2) is 17.5 Å². The standard InChI is InChI=1S/C45H28N4S/c1-3-15-29(16-4-1)43-46-44(30-17-5-2-6-18-30)48-45(47-43)37-25-13-22-34(36-24-14-23-35-33-21-9-12-28-40(33)50-42(35)36)41(37)49-38-26-10-7-19-31(38)32-20-8-11-27-39(32)49/h1-28H/i7D,8D,9D,12D,13D,14D,19D,20D,21D,22D,23D,24D,25D,26D,27D,28D. The average molecular weight is 673 g/mol. The first-order valence-corrected chi connectivity index (χ1v) is 16.2. The largest absolute Gasteiger partial charge is 0.308 e. The van der Waals surface area contributed by atoms with Crippen molar-refractivity contribution in [3.63, 3.8) is 0 Å². The zero-order valence-corrected chi connectivity index (χ0v) is 26.4. The molecule has 0 saturated carbocycles. The molecule has 0 aliphatic rings. The van der Waals surface area contributed by atoms with Crippen LogP contribution in [0, 0.1) is 0 Å². The van der Waals surface area contributed by atoms with Crippen LogP contribution in [-0.2, 0) is 0 Å². The van der Waals surface area contributed by atoms with E-state index in [2.05, 4.69) is 0 Å². The van der Waals surface area contributed by atoms with Crippen molar-refractivity contribution >= 4 is 53.3 Å². The van der Waals surface area contributed by atoms with Crippen molar-refractivity contribution < 1.29 is 21.9 Å². The van der Waals surface area contributed by atoms with E-state index in [1.54, 1.807) is 60.7 Å². The average Bonchev–Trinajstić information content (AvgIpc) is 3.89. The van der Waals surface area contributed by atoms with Gasteiger partial charge in [0.05, 0.1) is 38.7 Å². The van der Waals surface area contributed by atoms with Crippen LogP contribution in [0.2, 0.25) is 0 Å². The summed E-state index contributed by atoms with van der Waals surface area (Å²) < 4.78 is 147.